The van der Waals surface area contributed by atoms with Crippen LogP contribution in [0.2, 0.25) is 5.02 Å². The Morgan fingerprint density at radius 1 is 1.04 bits per heavy atom. The third-order valence-electron chi connectivity index (χ3n) is 3.92. The molecule has 0 spiro atoms. The second-order valence-electron chi connectivity index (χ2n) is 5.93. The highest BCUT2D eigenvalue weighted by atomic mass is 35.5. The molecule has 0 aliphatic heterocycles. The number of anilines is 1. The summed E-state index contributed by atoms with van der Waals surface area (Å²) in [6, 6.07) is 15.8. The monoisotopic (exact) mass is 368 g/mol. The maximum atomic E-state index is 12.3. The lowest BCUT2D eigenvalue weighted by atomic mass is 10.1. The number of hydrogen-bond acceptors (Lipinski definition) is 3. The molecule has 0 radical (unpaired) electrons. The number of fused-ring (bicyclic) bond motifs is 1. The first-order chi connectivity index (χ1) is 12.4. The lowest BCUT2D eigenvalue weighted by molar-refractivity contribution is -0.115. The number of aromatic hydroxyl groups is 1. The standard InChI is InChI=1S/C20H17ClN2O3/c1-12-6-7-17(16(21)8-12)23-19(25)11-22-20(26)15-9-13-4-2-3-5-14(13)10-18(15)24/h2-10,24H,11H2,1H3,(H,22,26)(H,23,25). The van der Waals surface area contributed by atoms with E-state index in [1.54, 1.807) is 18.2 Å². The van der Waals surface area contributed by atoms with Crippen molar-refractivity contribution in [2.45, 2.75) is 6.92 Å². The summed E-state index contributed by atoms with van der Waals surface area (Å²) >= 11 is 6.07. The first kappa shape index (κ1) is 17.8. The number of rotatable bonds is 4. The van der Waals surface area contributed by atoms with Crippen molar-refractivity contribution in [1.82, 2.24) is 5.32 Å². The maximum absolute atomic E-state index is 12.3. The van der Waals surface area contributed by atoms with Crippen LogP contribution in [0.5, 0.6) is 5.75 Å². The SMILES string of the molecule is Cc1ccc(NC(=O)CNC(=O)c2cc3ccccc3cc2O)c(Cl)c1. The van der Waals surface area contributed by atoms with Crippen molar-refractivity contribution in [3.63, 3.8) is 0 Å². The van der Waals surface area contributed by atoms with Crippen LogP contribution in [0.25, 0.3) is 10.8 Å². The fourth-order valence-electron chi connectivity index (χ4n) is 2.58. The van der Waals surface area contributed by atoms with Gasteiger partial charge in [0.05, 0.1) is 22.8 Å². The van der Waals surface area contributed by atoms with Crippen molar-refractivity contribution >= 4 is 39.9 Å². The van der Waals surface area contributed by atoms with Gasteiger partial charge in [0.2, 0.25) is 5.91 Å². The molecule has 0 aliphatic carbocycles. The summed E-state index contributed by atoms with van der Waals surface area (Å²) in [7, 11) is 0. The summed E-state index contributed by atoms with van der Waals surface area (Å²) in [5.41, 5.74) is 1.57. The molecule has 3 rings (SSSR count). The number of halogens is 1. The molecule has 2 amide bonds. The molecule has 3 aromatic carbocycles. The number of benzene rings is 3. The normalized spacial score (nSPS) is 10.5. The smallest absolute Gasteiger partial charge is 0.255 e. The molecular formula is C20H17ClN2O3. The van der Waals surface area contributed by atoms with Gasteiger partial charge in [-0.15, -0.1) is 0 Å². The molecule has 26 heavy (non-hydrogen) atoms. The molecule has 3 N–H and O–H groups in total. The fraction of sp³-hybridized carbons (Fsp3) is 0.100. The van der Waals surface area contributed by atoms with Gasteiger partial charge in [-0.05, 0) is 47.5 Å². The minimum atomic E-state index is -0.529. The first-order valence-electron chi connectivity index (χ1n) is 8.00. The molecule has 0 heterocycles. The van der Waals surface area contributed by atoms with E-state index in [0.29, 0.717) is 10.7 Å². The predicted octanol–water partition coefficient (Wildman–Crippen LogP) is 3.88. The molecule has 132 valence electrons. The average Bonchev–Trinajstić information content (AvgIpc) is 2.61. The van der Waals surface area contributed by atoms with Crippen LogP contribution < -0.4 is 10.6 Å². The van der Waals surface area contributed by atoms with E-state index in [4.69, 9.17) is 11.6 Å². The van der Waals surface area contributed by atoms with E-state index < -0.39 is 11.8 Å². The maximum Gasteiger partial charge on any atom is 0.255 e. The molecule has 3 aromatic rings. The Hall–Kier alpha value is -3.05. The van der Waals surface area contributed by atoms with E-state index in [1.165, 1.54) is 6.07 Å². The van der Waals surface area contributed by atoms with Crippen molar-refractivity contribution in [2.75, 3.05) is 11.9 Å². The number of hydrogen-bond donors (Lipinski definition) is 3. The van der Waals surface area contributed by atoms with E-state index in [9.17, 15) is 14.7 Å². The topological polar surface area (TPSA) is 78.4 Å². The zero-order valence-electron chi connectivity index (χ0n) is 14.0. The Balaban J connectivity index is 1.66. The molecule has 0 saturated heterocycles. The summed E-state index contributed by atoms with van der Waals surface area (Å²) in [6.45, 7) is 1.66. The van der Waals surface area contributed by atoms with E-state index in [-0.39, 0.29) is 17.9 Å². The Kier molecular flexibility index (Phi) is 5.09. The number of amides is 2. The third kappa shape index (κ3) is 3.95. The van der Waals surface area contributed by atoms with Crippen molar-refractivity contribution in [1.29, 1.82) is 0 Å². The van der Waals surface area contributed by atoms with E-state index in [0.717, 1.165) is 16.3 Å². The number of nitrogens with one attached hydrogen (secondary N) is 2. The lowest BCUT2D eigenvalue weighted by Crippen LogP contribution is -2.33. The molecule has 0 aromatic heterocycles. The third-order valence-corrected chi connectivity index (χ3v) is 4.23. The zero-order chi connectivity index (χ0) is 18.7. The highest BCUT2D eigenvalue weighted by Gasteiger charge is 2.14. The molecule has 0 fully saturated rings. The second-order valence-corrected chi connectivity index (χ2v) is 6.34. The van der Waals surface area contributed by atoms with Crippen LogP contribution in [0.4, 0.5) is 5.69 Å². The van der Waals surface area contributed by atoms with Gasteiger partial charge in [-0.1, -0.05) is 41.9 Å². The Morgan fingerprint density at radius 3 is 2.42 bits per heavy atom. The molecule has 0 atom stereocenters. The quantitative estimate of drug-likeness (QED) is 0.654. The highest BCUT2D eigenvalue weighted by Crippen LogP contribution is 2.25. The molecule has 6 heteroatoms. The summed E-state index contributed by atoms with van der Waals surface area (Å²) in [6.07, 6.45) is 0. The van der Waals surface area contributed by atoms with Gasteiger partial charge in [0.15, 0.2) is 0 Å². The molecule has 0 saturated carbocycles. The summed E-state index contributed by atoms with van der Waals surface area (Å²) in [4.78, 5) is 24.3. The van der Waals surface area contributed by atoms with E-state index in [2.05, 4.69) is 10.6 Å². The van der Waals surface area contributed by atoms with Crippen LogP contribution >= 0.6 is 11.6 Å². The van der Waals surface area contributed by atoms with Crippen LogP contribution in [0.15, 0.2) is 54.6 Å². The van der Waals surface area contributed by atoms with Gasteiger partial charge < -0.3 is 15.7 Å². The molecule has 0 unspecified atom stereocenters. The van der Waals surface area contributed by atoms with Gasteiger partial charge in [0.25, 0.3) is 5.91 Å². The van der Waals surface area contributed by atoms with Gasteiger partial charge in [-0.2, -0.15) is 0 Å². The van der Waals surface area contributed by atoms with Crippen LogP contribution in [0.3, 0.4) is 0 Å². The van der Waals surface area contributed by atoms with Gasteiger partial charge in [-0.3, -0.25) is 9.59 Å². The van der Waals surface area contributed by atoms with Crippen molar-refractivity contribution < 1.29 is 14.7 Å². The summed E-state index contributed by atoms with van der Waals surface area (Å²) < 4.78 is 0. The van der Waals surface area contributed by atoms with Gasteiger partial charge in [-0.25, -0.2) is 0 Å². The molecule has 5 nitrogen and oxygen atoms in total. The number of aryl methyl sites for hydroxylation is 1. The number of carbonyl (C=O) groups is 2. The zero-order valence-corrected chi connectivity index (χ0v) is 14.8. The van der Waals surface area contributed by atoms with E-state index >= 15 is 0 Å². The van der Waals surface area contributed by atoms with Crippen LogP contribution in [-0.4, -0.2) is 23.5 Å². The molecular weight excluding hydrogens is 352 g/mol. The molecule has 0 bridgehead atoms. The number of phenolic OH excluding ortho intramolecular Hbond substituents is 1. The van der Waals surface area contributed by atoms with Gasteiger partial charge in [0.1, 0.15) is 5.75 Å². The summed E-state index contributed by atoms with van der Waals surface area (Å²) in [5.74, 6) is -1.08. The fourth-order valence-corrected chi connectivity index (χ4v) is 2.86. The largest absolute Gasteiger partial charge is 0.507 e. The summed E-state index contributed by atoms with van der Waals surface area (Å²) in [5, 5.41) is 17.3. The Morgan fingerprint density at radius 2 is 1.73 bits per heavy atom. The number of phenols is 1. The minimum absolute atomic E-state index is 0.116. The lowest BCUT2D eigenvalue weighted by Gasteiger charge is -2.10. The minimum Gasteiger partial charge on any atom is -0.507 e. The van der Waals surface area contributed by atoms with Crippen molar-refractivity contribution in [2.24, 2.45) is 0 Å². The highest BCUT2D eigenvalue weighted by molar-refractivity contribution is 6.33. The second kappa shape index (κ2) is 7.45. The van der Waals surface area contributed by atoms with Crippen molar-refractivity contribution in [3.05, 3.63) is 70.7 Å². The first-order valence-corrected chi connectivity index (χ1v) is 8.38. The Bertz CT molecular complexity index is 1000. The number of carbonyl (C=O) groups excluding carboxylic acids is 2. The van der Waals surface area contributed by atoms with Gasteiger partial charge in [0, 0.05) is 0 Å². The molecule has 0 aliphatic rings. The van der Waals surface area contributed by atoms with Crippen LogP contribution in [0.1, 0.15) is 15.9 Å². The van der Waals surface area contributed by atoms with Gasteiger partial charge >= 0.3 is 0 Å². The predicted molar refractivity (Wildman–Crippen MR) is 103 cm³/mol. The van der Waals surface area contributed by atoms with E-state index in [1.807, 2.05) is 37.3 Å². The van der Waals surface area contributed by atoms with Crippen LogP contribution in [-0.2, 0) is 4.79 Å². The van der Waals surface area contributed by atoms with Crippen molar-refractivity contribution in [3.8, 4) is 5.75 Å². The average molecular weight is 369 g/mol. The Labute approximate surface area is 155 Å². The van der Waals surface area contributed by atoms with Crippen LogP contribution in [0, 0.1) is 6.92 Å².